The van der Waals surface area contributed by atoms with Crippen LogP contribution in [0.4, 0.5) is 0 Å². The van der Waals surface area contributed by atoms with Crippen LogP contribution in [0.15, 0.2) is 24.3 Å². The average Bonchev–Trinajstić information content (AvgIpc) is 2.88. The van der Waals surface area contributed by atoms with Gasteiger partial charge in [-0.3, -0.25) is 9.59 Å². The smallest absolute Gasteiger partial charge is 0.303 e. The Morgan fingerprint density at radius 2 is 2.00 bits per heavy atom. The van der Waals surface area contributed by atoms with Crippen LogP contribution in [0.5, 0.6) is 0 Å². The van der Waals surface area contributed by atoms with Gasteiger partial charge in [-0.2, -0.15) is 0 Å². The fourth-order valence-electron chi connectivity index (χ4n) is 2.78. The fourth-order valence-corrected chi connectivity index (χ4v) is 2.78. The van der Waals surface area contributed by atoms with Gasteiger partial charge in [-0.05, 0) is 30.9 Å². The molecular formula is C16H21NO4. The standard InChI is InChI=1S/C16H21NO4/c18-14-7-3-5-12(14)10-17-16(21)13-6-2-1-4-11(13)8-9-15(19)20/h1-2,4,6,12,14,18H,3,5,7-10H2,(H,17,21)(H,19,20)/t12-,14-/m0/s1. The van der Waals surface area contributed by atoms with E-state index in [4.69, 9.17) is 5.11 Å². The van der Waals surface area contributed by atoms with Crippen molar-refractivity contribution in [2.45, 2.75) is 38.2 Å². The molecule has 1 saturated carbocycles. The minimum atomic E-state index is -0.876. The number of hydrogen-bond acceptors (Lipinski definition) is 3. The summed E-state index contributed by atoms with van der Waals surface area (Å²) in [5.41, 5.74) is 1.26. The lowest BCUT2D eigenvalue weighted by Gasteiger charge is -2.16. The molecule has 2 rings (SSSR count). The van der Waals surface area contributed by atoms with Crippen molar-refractivity contribution in [3.63, 3.8) is 0 Å². The topological polar surface area (TPSA) is 86.6 Å². The van der Waals surface area contributed by atoms with Gasteiger partial charge in [0.1, 0.15) is 0 Å². The second-order valence-electron chi connectivity index (χ2n) is 5.52. The number of aliphatic carboxylic acids is 1. The summed E-state index contributed by atoms with van der Waals surface area (Å²) >= 11 is 0. The van der Waals surface area contributed by atoms with Gasteiger partial charge in [0.15, 0.2) is 0 Å². The van der Waals surface area contributed by atoms with Gasteiger partial charge >= 0.3 is 5.97 Å². The highest BCUT2D eigenvalue weighted by Gasteiger charge is 2.25. The van der Waals surface area contributed by atoms with Crippen LogP contribution in [-0.4, -0.2) is 34.7 Å². The molecule has 5 heteroatoms. The van der Waals surface area contributed by atoms with Crippen LogP contribution in [0.25, 0.3) is 0 Å². The highest BCUT2D eigenvalue weighted by molar-refractivity contribution is 5.95. The van der Waals surface area contributed by atoms with E-state index in [9.17, 15) is 14.7 Å². The number of carboxylic acid groups (broad SMARTS) is 1. The molecule has 2 atom stereocenters. The molecule has 5 nitrogen and oxygen atoms in total. The van der Waals surface area contributed by atoms with E-state index < -0.39 is 5.97 Å². The predicted molar refractivity (Wildman–Crippen MR) is 78.1 cm³/mol. The first-order chi connectivity index (χ1) is 10.1. The monoisotopic (exact) mass is 291 g/mol. The van der Waals surface area contributed by atoms with Gasteiger partial charge in [-0.1, -0.05) is 24.6 Å². The number of carbonyl (C=O) groups excluding carboxylic acids is 1. The minimum Gasteiger partial charge on any atom is -0.481 e. The van der Waals surface area contributed by atoms with Crippen LogP contribution in [0.1, 0.15) is 41.6 Å². The van der Waals surface area contributed by atoms with Gasteiger partial charge in [0.25, 0.3) is 5.91 Å². The maximum absolute atomic E-state index is 12.2. The number of carbonyl (C=O) groups is 2. The highest BCUT2D eigenvalue weighted by atomic mass is 16.4. The quantitative estimate of drug-likeness (QED) is 0.743. The summed E-state index contributed by atoms with van der Waals surface area (Å²) < 4.78 is 0. The molecule has 0 bridgehead atoms. The molecule has 1 amide bonds. The number of rotatable bonds is 6. The molecule has 0 aliphatic heterocycles. The van der Waals surface area contributed by atoms with Gasteiger partial charge in [0.2, 0.25) is 0 Å². The highest BCUT2D eigenvalue weighted by Crippen LogP contribution is 2.24. The summed E-state index contributed by atoms with van der Waals surface area (Å²) in [4.78, 5) is 22.9. The molecule has 1 fully saturated rings. The average molecular weight is 291 g/mol. The molecule has 0 heterocycles. The van der Waals surface area contributed by atoms with E-state index in [2.05, 4.69) is 5.32 Å². The third kappa shape index (κ3) is 4.29. The molecule has 0 spiro atoms. The van der Waals surface area contributed by atoms with E-state index in [1.54, 1.807) is 24.3 Å². The Hall–Kier alpha value is -1.88. The minimum absolute atomic E-state index is 0.00559. The van der Waals surface area contributed by atoms with Crippen LogP contribution in [0.3, 0.4) is 0 Å². The van der Waals surface area contributed by atoms with Crippen LogP contribution in [-0.2, 0) is 11.2 Å². The van der Waals surface area contributed by atoms with Crippen molar-refractivity contribution >= 4 is 11.9 Å². The zero-order chi connectivity index (χ0) is 15.2. The van der Waals surface area contributed by atoms with Crippen molar-refractivity contribution in [2.75, 3.05) is 6.54 Å². The van der Waals surface area contributed by atoms with Crippen molar-refractivity contribution < 1.29 is 19.8 Å². The number of nitrogens with one attached hydrogen (secondary N) is 1. The molecule has 0 saturated heterocycles. The molecule has 0 aromatic heterocycles. The molecule has 114 valence electrons. The second-order valence-corrected chi connectivity index (χ2v) is 5.52. The third-order valence-corrected chi connectivity index (χ3v) is 4.01. The van der Waals surface area contributed by atoms with Gasteiger partial charge in [0, 0.05) is 24.4 Å². The first-order valence-electron chi connectivity index (χ1n) is 7.34. The number of benzene rings is 1. The number of hydrogen-bond donors (Lipinski definition) is 3. The maximum Gasteiger partial charge on any atom is 0.303 e. The molecule has 0 radical (unpaired) electrons. The van der Waals surface area contributed by atoms with Crippen LogP contribution < -0.4 is 5.32 Å². The summed E-state index contributed by atoms with van der Waals surface area (Å²) in [6, 6.07) is 7.05. The van der Waals surface area contributed by atoms with Crippen molar-refractivity contribution in [1.29, 1.82) is 0 Å². The molecule has 0 unspecified atom stereocenters. The normalized spacial score (nSPS) is 21.2. The fraction of sp³-hybridized carbons (Fsp3) is 0.500. The van der Waals surface area contributed by atoms with Crippen molar-refractivity contribution in [3.05, 3.63) is 35.4 Å². The molecule has 3 N–H and O–H groups in total. The Balaban J connectivity index is 1.96. The summed E-state index contributed by atoms with van der Waals surface area (Å²) in [5, 5.41) is 21.4. The van der Waals surface area contributed by atoms with Gasteiger partial charge < -0.3 is 15.5 Å². The van der Waals surface area contributed by atoms with E-state index >= 15 is 0 Å². The number of aliphatic hydroxyl groups is 1. The number of carboxylic acids is 1. The first kappa shape index (κ1) is 15.5. The van der Waals surface area contributed by atoms with E-state index in [1.165, 1.54) is 0 Å². The Morgan fingerprint density at radius 1 is 1.24 bits per heavy atom. The third-order valence-electron chi connectivity index (χ3n) is 4.01. The van der Waals surface area contributed by atoms with Crippen molar-refractivity contribution in [2.24, 2.45) is 5.92 Å². The predicted octanol–water partition coefficient (Wildman–Crippen LogP) is 1.59. The summed E-state index contributed by atoms with van der Waals surface area (Å²) in [6.07, 6.45) is 2.75. The zero-order valence-corrected chi connectivity index (χ0v) is 11.9. The Kier molecular flexibility index (Phi) is 5.33. The molecule has 1 aliphatic carbocycles. The zero-order valence-electron chi connectivity index (χ0n) is 11.9. The SMILES string of the molecule is O=C(O)CCc1ccccc1C(=O)NC[C@@H]1CCC[C@@H]1O. The Labute approximate surface area is 124 Å². The van der Waals surface area contributed by atoms with Crippen molar-refractivity contribution in [1.82, 2.24) is 5.32 Å². The molecule has 21 heavy (non-hydrogen) atoms. The largest absolute Gasteiger partial charge is 0.481 e. The Bertz CT molecular complexity index is 515. The lowest BCUT2D eigenvalue weighted by Crippen LogP contribution is -2.33. The van der Waals surface area contributed by atoms with E-state index in [0.29, 0.717) is 18.5 Å². The summed E-state index contributed by atoms with van der Waals surface area (Å²) in [5.74, 6) is -0.950. The van der Waals surface area contributed by atoms with Crippen LogP contribution in [0, 0.1) is 5.92 Å². The molecule has 1 aromatic carbocycles. The van der Waals surface area contributed by atoms with Crippen LogP contribution >= 0.6 is 0 Å². The lowest BCUT2D eigenvalue weighted by atomic mass is 10.0. The second kappa shape index (κ2) is 7.22. The first-order valence-corrected chi connectivity index (χ1v) is 7.34. The van der Waals surface area contributed by atoms with E-state index in [1.807, 2.05) is 0 Å². The molecular weight excluding hydrogens is 270 g/mol. The summed E-state index contributed by atoms with van der Waals surface area (Å²) in [7, 11) is 0. The molecule has 1 aliphatic rings. The van der Waals surface area contributed by atoms with Gasteiger partial charge in [0.05, 0.1) is 6.10 Å². The lowest BCUT2D eigenvalue weighted by molar-refractivity contribution is -0.136. The molecule has 1 aromatic rings. The number of aliphatic hydroxyl groups excluding tert-OH is 1. The number of aryl methyl sites for hydroxylation is 1. The maximum atomic E-state index is 12.2. The van der Waals surface area contributed by atoms with E-state index in [0.717, 1.165) is 24.8 Å². The van der Waals surface area contributed by atoms with E-state index in [-0.39, 0.29) is 24.3 Å². The van der Waals surface area contributed by atoms with Crippen LogP contribution in [0.2, 0.25) is 0 Å². The summed E-state index contributed by atoms with van der Waals surface area (Å²) in [6.45, 7) is 0.466. The number of amides is 1. The van der Waals surface area contributed by atoms with Gasteiger partial charge in [-0.25, -0.2) is 0 Å². The van der Waals surface area contributed by atoms with Gasteiger partial charge in [-0.15, -0.1) is 0 Å². The van der Waals surface area contributed by atoms with Crippen molar-refractivity contribution in [3.8, 4) is 0 Å². The Morgan fingerprint density at radius 3 is 2.67 bits per heavy atom.